The second-order valence-corrected chi connectivity index (χ2v) is 10.2. The van der Waals surface area contributed by atoms with E-state index in [1.165, 1.54) is 79.9 Å². The molecule has 3 aromatic carbocycles. The third kappa shape index (κ3) is 10.3. The molecule has 0 radical (unpaired) electrons. The number of benzene rings is 3. The average Bonchev–Trinajstić information content (AvgIpc) is 3.09. The van der Waals surface area contributed by atoms with Crippen molar-refractivity contribution in [2.24, 2.45) is 0 Å². The lowest BCUT2D eigenvalue weighted by molar-refractivity contribution is -0.148. The Morgan fingerprint density at radius 3 is 2.31 bits per heavy atom. The van der Waals surface area contributed by atoms with E-state index in [9.17, 15) is 44.1 Å². The summed E-state index contributed by atoms with van der Waals surface area (Å²) in [5.74, 6) is -6.00. The molecule has 0 aliphatic heterocycles. The summed E-state index contributed by atoms with van der Waals surface area (Å²) >= 11 is 0. The minimum absolute atomic E-state index is 0.0369. The van der Waals surface area contributed by atoms with Crippen molar-refractivity contribution < 1.29 is 58.3 Å². The summed E-state index contributed by atoms with van der Waals surface area (Å²) < 4.78 is 15.3. The third-order valence-electron chi connectivity index (χ3n) is 6.86. The van der Waals surface area contributed by atoms with Gasteiger partial charge >= 0.3 is 29.9 Å². The van der Waals surface area contributed by atoms with Crippen molar-refractivity contribution in [3.05, 3.63) is 96.1 Å². The van der Waals surface area contributed by atoms with Crippen LogP contribution in [0.1, 0.15) is 39.1 Å². The Morgan fingerprint density at radius 1 is 0.939 bits per heavy atom. The molecule has 0 saturated heterocycles. The van der Waals surface area contributed by atoms with Gasteiger partial charge in [-0.3, -0.25) is 14.5 Å². The van der Waals surface area contributed by atoms with Crippen LogP contribution in [0.25, 0.3) is 0 Å². The lowest BCUT2D eigenvalue weighted by atomic mass is 10.0. The lowest BCUT2D eigenvalue weighted by Crippen LogP contribution is -2.48. The Balaban J connectivity index is 1.69. The number of esters is 1. The Labute approximate surface area is 280 Å². The molecule has 15 nitrogen and oxygen atoms in total. The maximum absolute atomic E-state index is 13.1. The highest BCUT2D eigenvalue weighted by molar-refractivity contribution is 6.39. The monoisotopic (exact) mass is 677 g/mol. The van der Waals surface area contributed by atoms with Crippen molar-refractivity contribution in [1.82, 2.24) is 10.6 Å². The highest BCUT2D eigenvalue weighted by atomic mass is 16.5. The fourth-order valence-electron chi connectivity index (χ4n) is 4.55. The number of ether oxygens (including phenoxy) is 3. The first-order valence-electron chi connectivity index (χ1n) is 14.8. The SMILES string of the molecule is C=CCOC(=O)N[C@H](Cc1ccc(N(C(=O)C(=O)O)c2ccccc2C(=O)O)cc1)C(=O)NCCCCOc1cccc(O)c1C(=O)OC. The molecule has 0 aliphatic carbocycles. The predicted molar refractivity (Wildman–Crippen MR) is 174 cm³/mol. The van der Waals surface area contributed by atoms with Gasteiger partial charge in [-0.25, -0.2) is 19.2 Å². The molecule has 0 saturated carbocycles. The number of methoxy groups -OCH3 is 1. The quantitative estimate of drug-likeness (QED) is 0.0638. The van der Waals surface area contributed by atoms with Crippen molar-refractivity contribution in [3.8, 4) is 11.5 Å². The summed E-state index contributed by atoms with van der Waals surface area (Å²) in [5.41, 5.74) is 0.000990. The summed E-state index contributed by atoms with van der Waals surface area (Å²) in [6.07, 6.45) is 1.35. The number of rotatable bonds is 16. The summed E-state index contributed by atoms with van der Waals surface area (Å²) in [4.78, 5) is 74.3. The molecule has 1 atom stereocenters. The number of aliphatic carboxylic acids is 1. The highest BCUT2D eigenvalue weighted by Crippen LogP contribution is 2.30. The van der Waals surface area contributed by atoms with Gasteiger partial charge in [0.25, 0.3) is 0 Å². The number of aromatic hydroxyl groups is 1. The predicted octanol–water partition coefficient (Wildman–Crippen LogP) is 3.43. The molecular weight excluding hydrogens is 642 g/mol. The Kier molecular flexibility index (Phi) is 13.7. The number of para-hydroxylation sites is 1. The van der Waals surface area contributed by atoms with Crippen molar-refractivity contribution in [1.29, 1.82) is 0 Å². The summed E-state index contributed by atoms with van der Waals surface area (Å²) in [6.45, 7) is 3.73. The number of carboxylic acids is 2. The van der Waals surface area contributed by atoms with E-state index in [2.05, 4.69) is 21.9 Å². The standard InChI is InChI=1S/C34H35N3O12/c1-3-18-49-34(46)36-24(29(39)35-17-6-7-19-48-27-12-8-11-26(38)28(27)33(45)47-2)20-21-13-15-22(16-14-21)37(30(40)32(43)44)25-10-5-4-9-23(25)31(41)42/h3-5,8-16,24,38H,1,6-7,17-20H2,2H3,(H,35,39)(H,36,46)(H,41,42)(H,43,44)/t24-/m1/s1. The molecule has 15 heteroatoms. The van der Waals surface area contributed by atoms with Gasteiger partial charge in [-0.05, 0) is 54.8 Å². The van der Waals surface area contributed by atoms with Crippen LogP contribution in [0.3, 0.4) is 0 Å². The number of carboxylic acid groups (broad SMARTS) is 2. The van der Waals surface area contributed by atoms with E-state index < -0.39 is 41.9 Å². The minimum Gasteiger partial charge on any atom is -0.507 e. The number of hydrogen-bond donors (Lipinski definition) is 5. The molecule has 0 aliphatic rings. The van der Waals surface area contributed by atoms with Crippen LogP contribution in [0.2, 0.25) is 0 Å². The van der Waals surface area contributed by atoms with E-state index in [0.29, 0.717) is 18.4 Å². The van der Waals surface area contributed by atoms with Crippen molar-refractivity contribution in [3.63, 3.8) is 0 Å². The number of hydrogen-bond acceptors (Lipinski definition) is 10. The zero-order valence-electron chi connectivity index (χ0n) is 26.4. The molecule has 0 heterocycles. The molecule has 0 unspecified atom stereocenters. The average molecular weight is 678 g/mol. The van der Waals surface area contributed by atoms with E-state index >= 15 is 0 Å². The summed E-state index contributed by atoms with van der Waals surface area (Å²) in [6, 6.07) is 14.4. The molecule has 3 rings (SSSR count). The van der Waals surface area contributed by atoms with Crippen LogP contribution in [-0.2, 0) is 30.3 Å². The number of carbonyl (C=O) groups is 6. The largest absolute Gasteiger partial charge is 0.507 e. The number of amides is 3. The van der Waals surface area contributed by atoms with Crippen LogP contribution in [0.4, 0.5) is 16.2 Å². The van der Waals surface area contributed by atoms with E-state index in [1.54, 1.807) is 0 Å². The zero-order chi connectivity index (χ0) is 35.9. The van der Waals surface area contributed by atoms with E-state index in [0.717, 1.165) is 4.90 Å². The minimum atomic E-state index is -1.81. The smallest absolute Gasteiger partial charge is 0.408 e. The number of alkyl carbamates (subject to hydrolysis) is 1. The van der Waals surface area contributed by atoms with Crippen LogP contribution < -0.4 is 20.3 Å². The van der Waals surface area contributed by atoms with Crippen LogP contribution in [0.15, 0.2) is 79.4 Å². The Hall–Kier alpha value is -6.38. The summed E-state index contributed by atoms with van der Waals surface area (Å²) in [5, 5.41) is 34.2. The van der Waals surface area contributed by atoms with Gasteiger partial charge in [0.05, 0.1) is 25.0 Å². The number of anilines is 2. The number of unbranched alkanes of at least 4 members (excludes halogenated alkanes) is 1. The number of nitrogens with one attached hydrogen (secondary N) is 2. The van der Waals surface area contributed by atoms with Gasteiger partial charge < -0.3 is 40.2 Å². The van der Waals surface area contributed by atoms with Gasteiger partial charge in [-0.1, -0.05) is 43.0 Å². The molecule has 49 heavy (non-hydrogen) atoms. The molecule has 0 aromatic heterocycles. The van der Waals surface area contributed by atoms with Gasteiger partial charge in [-0.2, -0.15) is 0 Å². The number of phenols is 1. The Bertz CT molecular complexity index is 1690. The molecule has 3 amide bonds. The van der Waals surface area contributed by atoms with Gasteiger partial charge in [-0.15, -0.1) is 0 Å². The van der Waals surface area contributed by atoms with Crippen LogP contribution >= 0.6 is 0 Å². The second kappa shape index (κ2) is 18.1. The first-order chi connectivity index (χ1) is 23.5. The van der Waals surface area contributed by atoms with Gasteiger partial charge in [0.2, 0.25) is 5.91 Å². The fourth-order valence-corrected chi connectivity index (χ4v) is 4.55. The van der Waals surface area contributed by atoms with Crippen molar-refractivity contribution >= 4 is 47.2 Å². The molecule has 5 N–H and O–H groups in total. The second-order valence-electron chi connectivity index (χ2n) is 10.2. The first kappa shape index (κ1) is 37.1. The maximum Gasteiger partial charge on any atom is 0.408 e. The number of phenolic OH excluding ortho intramolecular Hbond substituents is 1. The van der Waals surface area contributed by atoms with E-state index in [1.807, 2.05) is 0 Å². The van der Waals surface area contributed by atoms with E-state index in [4.69, 9.17) is 9.47 Å². The molecule has 0 bridgehead atoms. The number of carbonyl (C=O) groups excluding carboxylic acids is 4. The lowest BCUT2D eigenvalue weighted by Gasteiger charge is -2.23. The topological polar surface area (TPSA) is 218 Å². The highest BCUT2D eigenvalue weighted by Gasteiger charge is 2.28. The molecular formula is C34H35N3O12. The van der Waals surface area contributed by atoms with E-state index in [-0.39, 0.29) is 60.2 Å². The zero-order valence-corrected chi connectivity index (χ0v) is 26.4. The normalized spacial score (nSPS) is 11.0. The van der Waals surface area contributed by atoms with Gasteiger partial charge in [0.1, 0.15) is 29.7 Å². The van der Waals surface area contributed by atoms with Crippen molar-refractivity contribution in [2.75, 3.05) is 31.8 Å². The van der Waals surface area contributed by atoms with Crippen LogP contribution in [0.5, 0.6) is 11.5 Å². The number of nitrogens with zero attached hydrogens (tertiary/aromatic N) is 1. The van der Waals surface area contributed by atoms with Crippen LogP contribution in [-0.4, -0.2) is 84.0 Å². The first-order valence-corrected chi connectivity index (χ1v) is 14.8. The van der Waals surface area contributed by atoms with Crippen molar-refractivity contribution in [2.45, 2.75) is 25.3 Å². The Morgan fingerprint density at radius 2 is 1.65 bits per heavy atom. The summed E-state index contributed by atoms with van der Waals surface area (Å²) in [7, 11) is 1.18. The number of aromatic carboxylic acids is 1. The maximum atomic E-state index is 13.1. The van der Waals surface area contributed by atoms with Gasteiger partial charge in [0, 0.05) is 18.7 Å². The van der Waals surface area contributed by atoms with Gasteiger partial charge in [0.15, 0.2) is 0 Å². The molecule has 3 aromatic rings. The fraction of sp³-hybridized carbons (Fsp3) is 0.235. The van der Waals surface area contributed by atoms with Crippen LogP contribution in [0, 0.1) is 0 Å². The third-order valence-corrected chi connectivity index (χ3v) is 6.86. The molecule has 258 valence electrons. The molecule has 0 fully saturated rings. The molecule has 0 spiro atoms.